The molecule has 0 saturated heterocycles. The molecule has 0 saturated carbocycles. The van der Waals surface area contributed by atoms with Crippen LogP contribution >= 0.6 is 0 Å². The van der Waals surface area contributed by atoms with Crippen molar-refractivity contribution in [3.8, 4) is 11.8 Å². The summed E-state index contributed by atoms with van der Waals surface area (Å²) < 4.78 is 28.6. The Labute approximate surface area is 184 Å². The SMILES string of the molecule is COc1ccc2cc(CN(C)C(=O)COc3nc(Cc4ccc(F)cc4)no3)ccc2c1. The zero-order valence-corrected chi connectivity index (χ0v) is 17.7. The van der Waals surface area contributed by atoms with E-state index < -0.39 is 0 Å². The Bertz CT molecular complexity index is 1220. The van der Waals surface area contributed by atoms with Gasteiger partial charge in [0.2, 0.25) is 0 Å². The highest BCUT2D eigenvalue weighted by atomic mass is 19.1. The van der Waals surface area contributed by atoms with Crippen LogP contribution in [0.4, 0.5) is 4.39 Å². The van der Waals surface area contributed by atoms with Crippen molar-refractivity contribution in [2.45, 2.75) is 13.0 Å². The average molecular weight is 435 g/mol. The van der Waals surface area contributed by atoms with E-state index in [1.807, 2.05) is 36.4 Å². The third-order valence-electron chi connectivity index (χ3n) is 5.00. The largest absolute Gasteiger partial charge is 0.497 e. The minimum Gasteiger partial charge on any atom is -0.497 e. The van der Waals surface area contributed by atoms with Gasteiger partial charge >= 0.3 is 6.08 Å². The van der Waals surface area contributed by atoms with Crippen LogP contribution in [0.25, 0.3) is 10.8 Å². The van der Waals surface area contributed by atoms with E-state index in [9.17, 15) is 9.18 Å². The first-order valence-electron chi connectivity index (χ1n) is 10.0. The molecule has 164 valence electrons. The quantitative estimate of drug-likeness (QED) is 0.416. The number of likely N-dealkylation sites (N-methyl/N-ethyl adjacent to an activating group) is 1. The lowest BCUT2D eigenvalue weighted by Gasteiger charge is -2.17. The summed E-state index contributed by atoms with van der Waals surface area (Å²) in [6.45, 7) is 0.212. The maximum absolute atomic E-state index is 13.0. The minimum atomic E-state index is -0.308. The molecule has 0 atom stereocenters. The molecule has 0 fully saturated rings. The second-order valence-corrected chi connectivity index (χ2v) is 7.37. The molecule has 1 heterocycles. The lowest BCUT2D eigenvalue weighted by Crippen LogP contribution is -2.31. The fourth-order valence-corrected chi connectivity index (χ4v) is 3.25. The molecule has 0 N–H and O–H groups in total. The van der Waals surface area contributed by atoms with E-state index in [2.05, 4.69) is 10.1 Å². The van der Waals surface area contributed by atoms with Crippen molar-refractivity contribution >= 4 is 16.7 Å². The predicted molar refractivity (Wildman–Crippen MR) is 116 cm³/mol. The smallest absolute Gasteiger partial charge is 0.417 e. The van der Waals surface area contributed by atoms with E-state index in [1.54, 1.807) is 31.2 Å². The van der Waals surface area contributed by atoms with Crippen molar-refractivity contribution in [1.82, 2.24) is 15.0 Å². The first-order valence-corrected chi connectivity index (χ1v) is 10.0. The lowest BCUT2D eigenvalue weighted by molar-refractivity contribution is -0.133. The number of amides is 1. The van der Waals surface area contributed by atoms with Gasteiger partial charge in [0.1, 0.15) is 11.6 Å². The zero-order valence-electron chi connectivity index (χ0n) is 17.7. The lowest BCUT2D eigenvalue weighted by atomic mass is 10.1. The van der Waals surface area contributed by atoms with Gasteiger partial charge in [0.25, 0.3) is 5.91 Å². The van der Waals surface area contributed by atoms with E-state index in [0.717, 1.165) is 27.6 Å². The summed E-state index contributed by atoms with van der Waals surface area (Å²) in [5.74, 6) is 0.660. The molecular weight excluding hydrogens is 413 g/mol. The van der Waals surface area contributed by atoms with Crippen LogP contribution < -0.4 is 9.47 Å². The number of rotatable bonds is 8. The molecule has 8 heteroatoms. The Hall–Kier alpha value is -3.94. The molecule has 0 aliphatic rings. The number of hydrogen-bond acceptors (Lipinski definition) is 6. The van der Waals surface area contributed by atoms with Gasteiger partial charge < -0.3 is 14.4 Å². The summed E-state index contributed by atoms with van der Waals surface area (Å²) in [6.07, 6.45) is 0.290. The molecule has 0 radical (unpaired) electrons. The van der Waals surface area contributed by atoms with E-state index in [-0.39, 0.29) is 24.4 Å². The van der Waals surface area contributed by atoms with Gasteiger partial charge in [0.15, 0.2) is 12.4 Å². The molecular formula is C24H22FN3O4. The second kappa shape index (κ2) is 9.47. The molecule has 32 heavy (non-hydrogen) atoms. The highest BCUT2D eigenvalue weighted by Gasteiger charge is 2.14. The maximum Gasteiger partial charge on any atom is 0.417 e. The van der Waals surface area contributed by atoms with Gasteiger partial charge in [0, 0.05) is 20.0 Å². The fourth-order valence-electron chi connectivity index (χ4n) is 3.25. The van der Waals surface area contributed by atoms with Gasteiger partial charge in [0.05, 0.1) is 7.11 Å². The zero-order chi connectivity index (χ0) is 22.5. The maximum atomic E-state index is 13.0. The molecule has 3 aromatic carbocycles. The fraction of sp³-hybridized carbons (Fsp3) is 0.208. The monoisotopic (exact) mass is 435 g/mol. The summed E-state index contributed by atoms with van der Waals surface area (Å²) in [5.41, 5.74) is 1.83. The molecule has 0 aliphatic carbocycles. The normalized spacial score (nSPS) is 10.8. The average Bonchev–Trinajstić information content (AvgIpc) is 3.25. The van der Waals surface area contributed by atoms with Gasteiger partial charge in [-0.15, -0.1) is 0 Å². The highest BCUT2D eigenvalue weighted by molar-refractivity contribution is 5.84. The van der Waals surface area contributed by atoms with Crippen LogP contribution in [-0.4, -0.2) is 41.7 Å². The summed E-state index contributed by atoms with van der Waals surface area (Å²) in [6, 6.07) is 17.9. The number of hydrogen-bond donors (Lipinski definition) is 0. The summed E-state index contributed by atoms with van der Waals surface area (Å²) in [7, 11) is 3.34. The number of carbonyl (C=O) groups excluding carboxylic acids is 1. The van der Waals surface area contributed by atoms with Gasteiger partial charge in [-0.25, -0.2) is 4.39 Å². The molecule has 0 spiro atoms. The van der Waals surface area contributed by atoms with Gasteiger partial charge in [-0.1, -0.05) is 35.5 Å². The number of halogens is 1. The third kappa shape index (κ3) is 5.21. The summed E-state index contributed by atoms with van der Waals surface area (Å²) in [4.78, 5) is 18.1. The van der Waals surface area contributed by atoms with Crippen LogP contribution in [0.15, 0.2) is 65.2 Å². The predicted octanol–water partition coefficient (Wildman–Crippen LogP) is 4.00. The summed E-state index contributed by atoms with van der Waals surface area (Å²) in [5, 5.41) is 5.96. The van der Waals surface area contributed by atoms with Crippen molar-refractivity contribution in [2.75, 3.05) is 20.8 Å². The van der Waals surface area contributed by atoms with Crippen LogP contribution in [0.1, 0.15) is 17.0 Å². The van der Waals surface area contributed by atoms with Gasteiger partial charge in [-0.3, -0.25) is 9.32 Å². The van der Waals surface area contributed by atoms with Crippen LogP contribution in [0.3, 0.4) is 0 Å². The van der Waals surface area contributed by atoms with Crippen LogP contribution in [0, 0.1) is 5.82 Å². The highest BCUT2D eigenvalue weighted by Crippen LogP contribution is 2.22. The van der Waals surface area contributed by atoms with E-state index in [1.165, 1.54) is 12.1 Å². The third-order valence-corrected chi connectivity index (χ3v) is 5.00. The molecule has 1 aromatic heterocycles. The van der Waals surface area contributed by atoms with E-state index in [4.69, 9.17) is 14.0 Å². The van der Waals surface area contributed by atoms with Crippen LogP contribution in [0.5, 0.6) is 11.8 Å². The van der Waals surface area contributed by atoms with Crippen molar-refractivity contribution in [3.63, 3.8) is 0 Å². The number of nitrogens with zero attached hydrogens (tertiary/aromatic N) is 3. The van der Waals surface area contributed by atoms with Gasteiger partial charge in [-0.2, -0.15) is 4.98 Å². The molecule has 0 bridgehead atoms. The Balaban J connectivity index is 1.30. The second-order valence-electron chi connectivity index (χ2n) is 7.37. The number of carbonyl (C=O) groups is 1. The van der Waals surface area contributed by atoms with Gasteiger partial charge in [-0.05, 0) is 52.2 Å². The van der Waals surface area contributed by atoms with Crippen LogP contribution in [-0.2, 0) is 17.8 Å². The molecule has 4 rings (SSSR count). The first-order chi connectivity index (χ1) is 15.5. The molecule has 0 aliphatic heterocycles. The van der Waals surface area contributed by atoms with Crippen molar-refractivity contribution in [2.24, 2.45) is 0 Å². The number of ether oxygens (including phenoxy) is 2. The van der Waals surface area contributed by atoms with E-state index in [0.29, 0.717) is 18.8 Å². The van der Waals surface area contributed by atoms with Crippen LogP contribution in [0.2, 0.25) is 0 Å². The molecule has 0 unspecified atom stereocenters. The number of methoxy groups -OCH3 is 1. The molecule has 7 nitrogen and oxygen atoms in total. The van der Waals surface area contributed by atoms with Crippen molar-refractivity contribution in [3.05, 3.63) is 83.4 Å². The van der Waals surface area contributed by atoms with Crippen molar-refractivity contribution in [1.29, 1.82) is 0 Å². The standard InChI is InChI=1S/C24H22FN3O4/c1-28(14-17-3-6-19-13-21(30-2)10-7-18(19)11-17)23(29)15-31-24-26-22(27-32-24)12-16-4-8-20(25)9-5-16/h3-11,13H,12,14-15H2,1-2H3. The molecule has 4 aromatic rings. The molecule has 1 amide bonds. The van der Waals surface area contributed by atoms with Crippen molar-refractivity contribution < 1.29 is 23.2 Å². The number of fused-ring (bicyclic) bond motifs is 1. The Kier molecular flexibility index (Phi) is 6.30. The Morgan fingerprint density at radius 1 is 1.03 bits per heavy atom. The first kappa shape index (κ1) is 21.3. The number of aromatic nitrogens is 2. The topological polar surface area (TPSA) is 77.7 Å². The Morgan fingerprint density at radius 3 is 2.53 bits per heavy atom. The van der Waals surface area contributed by atoms with E-state index >= 15 is 0 Å². The minimum absolute atomic E-state index is 0.0801. The summed E-state index contributed by atoms with van der Waals surface area (Å²) >= 11 is 0. The number of benzene rings is 3. The Morgan fingerprint density at radius 2 is 1.75 bits per heavy atom.